The maximum Gasteiger partial charge on any atom is 0.307 e. The van der Waals surface area contributed by atoms with E-state index in [4.69, 9.17) is 5.11 Å². The van der Waals surface area contributed by atoms with Crippen molar-refractivity contribution < 1.29 is 9.90 Å². The average Bonchev–Trinajstić information content (AvgIpc) is 2.45. The van der Waals surface area contributed by atoms with Crippen LogP contribution in [0.4, 0.5) is 0 Å². The molecular weight excluding hydrogens is 284 g/mol. The molecule has 23 heavy (non-hydrogen) atoms. The molecule has 0 atom stereocenters. The van der Waals surface area contributed by atoms with Crippen LogP contribution in [0, 0.1) is 17.3 Å². The van der Waals surface area contributed by atoms with E-state index in [2.05, 4.69) is 38.7 Å². The van der Waals surface area contributed by atoms with Crippen molar-refractivity contribution in [2.75, 3.05) is 0 Å². The molecule has 120 valence electrons. The van der Waals surface area contributed by atoms with Crippen molar-refractivity contribution in [3.63, 3.8) is 0 Å². The molecule has 1 aliphatic carbocycles. The van der Waals surface area contributed by atoms with Gasteiger partial charge in [0.2, 0.25) is 0 Å². The molecule has 2 nitrogen and oxygen atoms in total. The highest BCUT2D eigenvalue weighted by Gasteiger charge is 2.26. The van der Waals surface area contributed by atoms with E-state index in [1.54, 1.807) is 0 Å². The van der Waals surface area contributed by atoms with E-state index in [9.17, 15) is 4.79 Å². The molecule has 1 aliphatic rings. The van der Waals surface area contributed by atoms with Gasteiger partial charge < -0.3 is 5.11 Å². The third kappa shape index (κ3) is 4.86. The predicted molar refractivity (Wildman–Crippen MR) is 94.1 cm³/mol. The van der Waals surface area contributed by atoms with Gasteiger partial charge in [0.15, 0.2) is 0 Å². The van der Waals surface area contributed by atoms with Crippen LogP contribution in [0.15, 0.2) is 47.6 Å². The second-order valence-corrected chi connectivity index (χ2v) is 6.81. The molecular formula is C21H24O2. The van der Waals surface area contributed by atoms with Crippen LogP contribution in [0.2, 0.25) is 0 Å². The van der Waals surface area contributed by atoms with Crippen molar-refractivity contribution in [1.29, 1.82) is 0 Å². The van der Waals surface area contributed by atoms with E-state index in [0.717, 1.165) is 11.1 Å². The highest BCUT2D eigenvalue weighted by molar-refractivity contribution is 5.70. The fraction of sp³-hybridized carbons (Fsp3) is 0.381. The summed E-state index contributed by atoms with van der Waals surface area (Å²) in [5.41, 5.74) is 4.71. The fourth-order valence-electron chi connectivity index (χ4n) is 3.19. The summed E-state index contributed by atoms with van der Waals surface area (Å²) in [6.45, 7) is 6.79. The lowest BCUT2D eigenvalue weighted by Gasteiger charge is -2.32. The maximum absolute atomic E-state index is 10.8. The van der Waals surface area contributed by atoms with Gasteiger partial charge in [-0.25, -0.2) is 0 Å². The minimum absolute atomic E-state index is 0.0334. The molecule has 1 N–H and O–H groups in total. The normalized spacial score (nSPS) is 17.0. The van der Waals surface area contributed by atoms with Gasteiger partial charge in [-0.3, -0.25) is 4.79 Å². The molecule has 1 aromatic carbocycles. The second kappa shape index (κ2) is 7.33. The molecule has 2 rings (SSSR count). The zero-order valence-electron chi connectivity index (χ0n) is 14.1. The monoisotopic (exact) mass is 308 g/mol. The summed E-state index contributed by atoms with van der Waals surface area (Å²) in [5.74, 6) is 5.34. The van der Waals surface area contributed by atoms with Crippen molar-refractivity contribution in [3.05, 3.63) is 58.7 Å². The van der Waals surface area contributed by atoms with Crippen molar-refractivity contribution >= 4 is 5.97 Å². The van der Waals surface area contributed by atoms with Crippen LogP contribution in [-0.2, 0) is 11.2 Å². The van der Waals surface area contributed by atoms with E-state index in [1.807, 2.05) is 30.3 Å². The van der Waals surface area contributed by atoms with E-state index >= 15 is 0 Å². The van der Waals surface area contributed by atoms with Crippen LogP contribution in [0.3, 0.4) is 0 Å². The van der Waals surface area contributed by atoms with E-state index in [1.165, 1.54) is 30.4 Å². The molecule has 0 saturated heterocycles. The SMILES string of the molecule is CC1=C(C=CC#Cc2cccc(CC(=O)O)c2)C(C)(C)CCC1. The van der Waals surface area contributed by atoms with Gasteiger partial charge in [0.25, 0.3) is 0 Å². The Morgan fingerprint density at radius 1 is 1.39 bits per heavy atom. The Labute approximate surface area is 138 Å². The summed E-state index contributed by atoms with van der Waals surface area (Å²) in [6, 6.07) is 7.40. The first-order chi connectivity index (χ1) is 10.9. The lowest BCUT2D eigenvalue weighted by Crippen LogP contribution is -2.18. The lowest BCUT2D eigenvalue weighted by molar-refractivity contribution is -0.136. The zero-order valence-corrected chi connectivity index (χ0v) is 14.1. The molecule has 0 heterocycles. The minimum Gasteiger partial charge on any atom is -0.481 e. The number of carbonyl (C=O) groups is 1. The molecule has 0 aromatic heterocycles. The van der Waals surface area contributed by atoms with Gasteiger partial charge in [0.05, 0.1) is 6.42 Å². The number of allylic oxidation sites excluding steroid dienone is 4. The van der Waals surface area contributed by atoms with Gasteiger partial charge >= 0.3 is 5.97 Å². The first-order valence-electron chi connectivity index (χ1n) is 8.07. The van der Waals surface area contributed by atoms with Gasteiger partial charge in [-0.15, -0.1) is 0 Å². The van der Waals surface area contributed by atoms with E-state index in [0.29, 0.717) is 0 Å². The Hall–Kier alpha value is -2.27. The number of carboxylic acid groups (broad SMARTS) is 1. The number of rotatable bonds is 3. The molecule has 0 amide bonds. The molecule has 0 unspecified atom stereocenters. The van der Waals surface area contributed by atoms with Crippen molar-refractivity contribution in [1.82, 2.24) is 0 Å². The quantitative estimate of drug-likeness (QED) is 0.818. The first-order valence-corrected chi connectivity index (χ1v) is 8.07. The Kier molecular flexibility index (Phi) is 5.45. The smallest absolute Gasteiger partial charge is 0.307 e. The standard InChI is InChI=1S/C21H24O2/c1-16-8-7-13-21(2,3)19(16)12-5-4-9-17-10-6-11-18(14-17)15-20(22)23/h5-6,10-12,14H,7-8,13,15H2,1-3H3,(H,22,23). The Morgan fingerprint density at radius 2 is 2.17 bits per heavy atom. The van der Waals surface area contributed by atoms with Gasteiger partial charge in [0, 0.05) is 5.56 Å². The molecule has 1 aromatic rings. The number of aliphatic carboxylic acids is 1. The highest BCUT2D eigenvalue weighted by Crippen LogP contribution is 2.40. The van der Waals surface area contributed by atoms with Crippen LogP contribution in [0.25, 0.3) is 0 Å². The number of benzene rings is 1. The van der Waals surface area contributed by atoms with Crippen LogP contribution in [-0.4, -0.2) is 11.1 Å². The molecule has 2 heteroatoms. The van der Waals surface area contributed by atoms with E-state index < -0.39 is 5.97 Å². The lowest BCUT2D eigenvalue weighted by atomic mass is 9.73. The van der Waals surface area contributed by atoms with Crippen LogP contribution in [0.5, 0.6) is 0 Å². The third-order valence-corrected chi connectivity index (χ3v) is 4.37. The largest absolute Gasteiger partial charge is 0.481 e. The van der Waals surface area contributed by atoms with Gasteiger partial charge in [0.1, 0.15) is 0 Å². The topological polar surface area (TPSA) is 37.3 Å². The van der Waals surface area contributed by atoms with E-state index in [-0.39, 0.29) is 11.8 Å². The summed E-state index contributed by atoms with van der Waals surface area (Å²) >= 11 is 0. The summed E-state index contributed by atoms with van der Waals surface area (Å²) in [4.78, 5) is 10.8. The number of hydrogen-bond acceptors (Lipinski definition) is 1. The highest BCUT2D eigenvalue weighted by atomic mass is 16.4. The summed E-state index contributed by atoms with van der Waals surface area (Å²) in [6.07, 6.45) is 7.74. The summed E-state index contributed by atoms with van der Waals surface area (Å²) in [7, 11) is 0. The molecule has 0 fully saturated rings. The van der Waals surface area contributed by atoms with Crippen molar-refractivity contribution in [3.8, 4) is 11.8 Å². The van der Waals surface area contributed by atoms with Crippen LogP contribution >= 0.6 is 0 Å². The van der Waals surface area contributed by atoms with Gasteiger partial charge in [-0.1, -0.05) is 49.5 Å². The molecule has 0 radical (unpaired) electrons. The summed E-state index contributed by atoms with van der Waals surface area (Å²) < 4.78 is 0. The fourth-order valence-corrected chi connectivity index (χ4v) is 3.19. The minimum atomic E-state index is -0.822. The Bertz CT molecular complexity index is 709. The third-order valence-electron chi connectivity index (χ3n) is 4.37. The Morgan fingerprint density at radius 3 is 2.87 bits per heavy atom. The van der Waals surface area contributed by atoms with Crippen LogP contribution < -0.4 is 0 Å². The predicted octanol–water partition coefficient (Wildman–Crippen LogP) is 4.75. The zero-order chi connectivity index (χ0) is 16.9. The molecule has 0 bridgehead atoms. The molecule has 0 spiro atoms. The van der Waals surface area contributed by atoms with Crippen molar-refractivity contribution in [2.45, 2.75) is 46.5 Å². The second-order valence-electron chi connectivity index (χ2n) is 6.81. The Balaban J connectivity index is 2.12. The first kappa shape index (κ1) is 17.1. The van der Waals surface area contributed by atoms with Gasteiger partial charge in [-0.2, -0.15) is 0 Å². The summed E-state index contributed by atoms with van der Waals surface area (Å²) in [5, 5.41) is 8.84. The average molecular weight is 308 g/mol. The van der Waals surface area contributed by atoms with Crippen LogP contribution in [0.1, 0.15) is 51.2 Å². The van der Waals surface area contributed by atoms with Crippen molar-refractivity contribution in [2.24, 2.45) is 5.41 Å². The number of hydrogen-bond donors (Lipinski definition) is 1. The van der Waals surface area contributed by atoms with Gasteiger partial charge in [-0.05, 0) is 60.9 Å². The molecule has 0 saturated carbocycles. The maximum atomic E-state index is 10.8. The molecule has 0 aliphatic heterocycles. The number of carboxylic acids is 1.